The SMILES string of the molecule is CN(C(=O)C1C2CCC(C2)C1N)C1CCOC1.Cl. The van der Waals surface area contributed by atoms with Crippen molar-refractivity contribution in [3.05, 3.63) is 0 Å². The summed E-state index contributed by atoms with van der Waals surface area (Å²) in [6.45, 7) is 1.48. The highest BCUT2D eigenvalue weighted by atomic mass is 35.5. The number of carbonyl (C=O) groups is 1. The summed E-state index contributed by atoms with van der Waals surface area (Å²) in [5.41, 5.74) is 6.22. The van der Waals surface area contributed by atoms with E-state index < -0.39 is 0 Å². The second-order valence-corrected chi connectivity index (χ2v) is 5.90. The zero-order valence-electron chi connectivity index (χ0n) is 10.9. The van der Waals surface area contributed by atoms with Gasteiger partial charge in [0, 0.05) is 19.7 Å². The van der Waals surface area contributed by atoms with Crippen molar-refractivity contribution in [2.45, 2.75) is 37.8 Å². The number of hydrogen-bond acceptors (Lipinski definition) is 3. The third-order valence-corrected chi connectivity index (χ3v) is 5.07. The molecule has 5 atom stereocenters. The fraction of sp³-hybridized carbons (Fsp3) is 0.923. The molecule has 0 aromatic carbocycles. The van der Waals surface area contributed by atoms with Gasteiger partial charge in [-0.15, -0.1) is 12.4 Å². The Labute approximate surface area is 115 Å². The van der Waals surface area contributed by atoms with Crippen LogP contribution in [0.3, 0.4) is 0 Å². The van der Waals surface area contributed by atoms with E-state index in [1.54, 1.807) is 0 Å². The van der Waals surface area contributed by atoms with Crippen LogP contribution < -0.4 is 5.73 Å². The Kier molecular flexibility index (Phi) is 4.19. The number of hydrogen-bond donors (Lipinski definition) is 1. The van der Waals surface area contributed by atoms with Crippen molar-refractivity contribution in [2.75, 3.05) is 20.3 Å². The lowest BCUT2D eigenvalue weighted by molar-refractivity contribution is -0.138. The second kappa shape index (κ2) is 5.35. The molecule has 0 aromatic heterocycles. The highest BCUT2D eigenvalue weighted by molar-refractivity contribution is 5.85. The maximum atomic E-state index is 12.5. The lowest BCUT2D eigenvalue weighted by Crippen LogP contribution is -2.49. The molecule has 4 nitrogen and oxygen atoms in total. The predicted molar refractivity (Wildman–Crippen MR) is 71.5 cm³/mol. The molecule has 1 aliphatic heterocycles. The topological polar surface area (TPSA) is 55.6 Å². The van der Waals surface area contributed by atoms with Gasteiger partial charge >= 0.3 is 0 Å². The molecule has 18 heavy (non-hydrogen) atoms. The Balaban J connectivity index is 0.00000120. The molecular formula is C13H23ClN2O2. The van der Waals surface area contributed by atoms with E-state index in [-0.39, 0.29) is 36.3 Å². The normalized spacial score (nSPS) is 41.8. The van der Waals surface area contributed by atoms with E-state index in [2.05, 4.69) is 0 Å². The first-order valence-corrected chi connectivity index (χ1v) is 6.78. The smallest absolute Gasteiger partial charge is 0.227 e. The van der Waals surface area contributed by atoms with Crippen LogP contribution in [0.2, 0.25) is 0 Å². The number of nitrogens with zero attached hydrogens (tertiary/aromatic N) is 1. The minimum atomic E-state index is 0. The van der Waals surface area contributed by atoms with Crippen LogP contribution in [0.4, 0.5) is 0 Å². The van der Waals surface area contributed by atoms with Crippen molar-refractivity contribution >= 4 is 18.3 Å². The van der Waals surface area contributed by atoms with Crippen LogP contribution in [0.15, 0.2) is 0 Å². The first-order chi connectivity index (χ1) is 8.18. The minimum absolute atomic E-state index is 0. The molecule has 0 aromatic rings. The predicted octanol–water partition coefficient (Wildman–Crippen LogP) is 1.03. The van der Waals surface area contributed by atoms with Crippen molar-refractivity contribution in [3.8, 4) is 0 Å². The third-order valence-electron chi connectivity index (χ3n) is 5.07. The standard InChI is InChI=1S/C13H22N2O2.ClH/c1-15(10-4-5-17-7-10)13(16)11-8-2-3-9(6-8)12(11)14;/h8-12H,2-7,14H2,1H3;1H. The summed E-state index contributed by atoms with van der Waals surface area (Å²) in [4.78, 5) is 14.4. The number of ether oxygens (including phenoxy) is 1. The molecule has 3 rings (SSSR count). The molecule has 104 valence electrons. The van der Waals surface area contributed by atoms with Gasteiger partial charge in [-0.1, -0.05) is 0 Å². The zero-order chi connectivity index (χ0) is 12.0. The molecule has 1 saturated heterocycles. The van der Waals surface area contributed by atoms with Crippen LogP contribution >= 0.6 is 12.4 Å². The highest BCUT2D eigenvalue weighted by Gasteiger charge is 2.50. The molecule has 3 fully saturated rings. The van der Waals surface area contributed by atoms with Crippen LogP contribution in [0, 0.1) is 17.8 Å². The van der Waals surface area contributed by atoms with Crippen molar-refractivity contribution in [3.63, 3.8) is 0 Å². The van der Waals surface area contributed by atoms with E-state index in [9.17, 15) is 4.79 Å². The molecule has 3 aliphatic rings. The Morgan fingerprint density at radius 1 is 1.28 bits per heavy atom. The Hall–Kier alpha value is -0.320. The van der Waals surface area contributed by atoms with Crippen molar-refractivity contribution in [2.24, 2.45) is 23.5 Å². The summed E-state index contributed by atoms with van der Waals surface area (Å²) in [7, 11) is 1.92. The van der Waals surface area contributed by atoms with E-state index in [4.69, 9.17) is 10.5 Å². The Morgan fingerprint density at radius 3 is 2.56 bits per heavy atom. The largest absolute Gasteiger partial charge is 0.379 e. The van der Waals surface area contributed by atoms with Gasteiger partial charge in [-0.3, -0.25) is 4.79 Å². The van der Waals surface area contributed by atoms with Crippen LogP contribution in [-0.4, -0.2) is 43.2 Å². The molecule has 0 spiro atoms. The van der Waals surface area contributed by atoms with Gasteiger partial charge in [0.25, 0.3) is 0 Å². The average Bonchev–Trinajstić information content (AvgIpc) is 3.03. The van der Waals surface area contributed by atoms with Crippen LogP contribution in [0.25, 0.3) is 0 Å². The summed E-state index contributed by atoms with van der Waals surface area (Å²) < 4.78 is 5.35. The van der Waals surface area contributed by atoms with Crippen LogP contribution in [0.1, 0.15) is 25.7 Å². The Bertz CT molecular complexity index is 318. The van der Waals surface area contributed by atoms with Gasteiger partial charge in [0.1, 0.15) is 0 Å². The molecule has 2 saturated carbocycles. The lowest BCUT2D eigenvalue weighted by Gasteiger charge is -2.33. The first kappa shape index (κ1) is 14.1. The first-order valence-electron chi connectivity index (χ1n) is 6.78. The molecule has 1 heterocycles. The summed E-state index contributed by atoms with van der Waals surface area (Å²) in [5, 5.41) is 0. The molecule has 2 N–H and O–H groups in total. The minimum Gasteiger partial charge on any atom is -0.379 e. The summed E-state index contributed by atoms with van der Waals surface area (Å²) >= 11 is 0. The molecule has 0 radical (unpaired) electrons. The van der Waals surface area contributed by atoms with E-state index in [0.717, 1.165) is 13.0 Å². The average molecular weight is 275 g/mol. The van der Waals surface area contributed by atoms with E-state index in [1.165, 1.54) is 19.3 Å². The van der Waals surface area contributed by atoms with Gasteiger partial charge in [0.2, 0.25) is 5.91 Å². The highest BCUT2D eigenvalue weighted by Crippen LogP contribution is 2.48. The van der Waals surface area contributed by atoms with E-state index in [0.29, 0.717) is 18.4 Å². The van der Waals surface area contributed by atoms with Gasteiger partial charge in [-0.25, -0.2) is 0 Å². The lowest BCUT2D eigenvalue weighted by atomic mass is 9.84. The second-order valence-electron chi connectivity index (χ2n) is 5.90. The number of halogens is 1. The quantitative estimate of drug-likeness (QED) is 0.818. The summed E-state index contributed by atoms with van der Waals surface area (Å²) in [6, 6.07) is 0.375. The summed E-state index contributed by atoms with van der Waals surface area (Å²) in [5.74, 6) is 1.49. The fourth-order valence-corrected chi connectivity index (χ4v) is 3.94. The van der Waals surface area contributed by atoms with Crippen molar-refractivity contribution < 1.29 is 9.53 Å². The van der Waals surface area contributed by atoms with E-state index >= 15 is 0 Å². The molecular weight excluding hydrogens is 252 g/mol. The number of nitrogens with two attached hydrogens (primary N) is 1. The molecule has 5 unspecified atom stereocenters. The monoisotopic (exact) mass is 274 g/mol. The van der Waals surface area contributed by atoms with Crippen LogP contribution in [0.5, 0.6) is 0 Å². The zero-order valence-corrected chi connectivity index (χ0v) is 11.7. The van der Waals surface area contributed by atoms with Gasteiger partial charge in [0.05, 0.1) is 18.6 Å². The molecule has 2 bridgehead atoms. The summed E-state index contributed by atoms with van der Waals surface area (Å²) in [6.07, 6.45) is 4.57. The number of carbonyl (C=O) groups excluding carboxylic acids is 1. The van der Waals surface area contributed by atoms with Gasteiger partial charge in [-0.2, -0.15) is 0 Å². The fourth-order valence-electron chi connectivity index (χ4n) is 3.94. The van der Waals surface area contributed by atoms with Gasteiger partial charge < -0.3 is 15.4 Å². The molecule has 5 heteroatoms. The molecule has 2 aliphatic carbocycles. The Morgan fingerprint density at radius 2 is 2.00 bits per heavy atom. The van der Waals surface area contributed by atoms with Gasteiger partial charge in [-0.05, 0) is 37.5 Å². The maximum Gasteiger partial charge on any atom is 0.227 e. The van der Waals surface area contributed by atoms with Crippen LogP contribution in [-0.2, 0) is 9.53 Å². The third kappa shape index (κ3) is 2.15. The van der Waals surface area contributed by atoms with Crippen molar-refractivity contribution in [1.82, 2.24) is 4.90 Å². The van der Waals surface area contributed by atoms with Crippen molar-refractivity contribution in [1.29, 1.82) is 0 Å². The number of amides is 1. The van der Waals surface area contributed by atoms with E-state index in [1.807, 2.05) is 11.9 Å². The maximum absolute atomic E-state index is 12.5. The number of rotatable bonds is 2. The number of fused-ring (bicyclic) bond motifs is 2. The molecule has 1 amide bonds. The van der Waals surface area contributed by atoms with Gasteiger partial charge in [0.15, 0.2) is 0 Å². The number of likely N-dealkylation sites (N-methyl/N-ethyl adjacent to an activating group) is 1.